The summed E-state index contributed by atoms with van der Waals surface area (Å²) in [6.45, 7) is 2.33. The number of benzene rings is 2. The molecule has 23 heavy (non-hydrogen) atoms. The minimum atomic E-state index is -0.432. The monoisotopic (exact) mass is 356 g/mol. The van der Waals surface area contributed by atoms with Crippen LogP contribution in [0.15, 0.2) is 36.4 Å². The van der Waals surface area contributed by atoms with Crippen molar-refractivity contribution in [2.24, 2.45) is 0 Å². The zero-order valence-corrected chi connectivity index (χ0v) is 13.8. The van der Waals surface area contributed by atoms with E-state index in [1.807, 2.05) is 6.92 Å². The molecule has 2 N–H and O–H groups in total. The third-order valence-electron chi connectivity index (χ3n) is 2.98. The van der Waals surface area contributed by atoms with Gasteiger partial charge in [-0.05, 0) is 48.9 Å². The number of halogens is 3. The first-order valence-corrected chi connectivity index (χ1v) is 7.60. The molecule has 0 radical (unpaired) electrons. The number of hydrogen-bond acceptors (Lipinski definition) is 2. The number of ether oxygens (including phenoxy) is 1. The van der Waals surface area contributed by atoms with Gasteiger partial charge in [-0.1, -0.05) is 23.2 Å². The van der Waals surface area contributed by atoms with Crippen molar-refractivity contribution in [3.63, 3.8) is 0 Å². The maximum atomic E-state index is 12.9. The summed E-state index contributed by atoms with van der Waals surface area (Å²) in [5, 5.41) is 6.16. The van der Waals surface area contributed by atoms with Crippen molar-refractivity contribution in [1.29, 1.82) is 0 Å². The van der Waals surface area contributed by atoms with Crippen LogP contribution in [0.3, 0.4) is 0 Å². The van der Waals surface area contributed by atoms with Gasteiger partial charge in [0, 0.05) is 10.7 Å². The largest absolute Gasteiger partial charge is 0.490 e. The topological polar surface area (TPSA) is 50.4 Å². The molecule has 2 rings (SSSR count). The molecule has 0 unspecified atom stereocenters. The summed E-state index contributed by atoms with van der Waals surface area (Å²) in [5.41, 5.74) is 1.54. The molecular formula is C16H15Cl2FN2O2. The summed E-state index contributed by atoms with van der Waals surface area (Å²) >= 11 is 11.7. The normalized spacial score (nSPS) is 10.3. The van der Waals surface area contributed by atoms with Crippen LogP contribution < -0.4 is 15.4 Å². The van der Waals surface area contributed by atoms with E-state index in [1.54, 1.807) is 18.2 Å². The molecule has 0 aliphatic heterocycles. The van der Waals surface area contributed by atoms with E-state index in [2.05, 4.69) is 10.6 Å². The fraction of sp³-hybridized carbons (Fsp3) is 0.188. The van der Waals surface area contributed by atoms with Crippen molar-refractivity contribution in [2.75, 3.05) is 18.5 Å². The Labute approximate surface area is 143 Å². The number of carbonyl (C=O) groups is 1. The van der Waals surface area contributed by atoms with Crippen LogP contribution in [0.1, 0.15) is 5.56 Å². The number of carbonyl (C=O) groups excluding carboxylic acids is 1. The van der Waals surface area contributed by atoms with E-state index in [-0.39, 0.29) is 24.2 Å². The lowest BCUT2D eigenvalue weighted by Gasteiger charge is -2.11. The Morgan fingerprint density at radius 2 is 2.00 bits per heavy atom. The van der Waals surface area contributed by atoms with Crippen LogP contribution in [-0.4, -0.2) is 19.2 Å². The highest BCUT2D eigenvalue weighted by Crippen LogP contribution is 2.24. The third kappa shape index (κ3) is 5.30. The Bertz CT molecular complexity index is 710. The van der Waals surface area contributed by atoms with Crippen LogP contribution >= 0.6 is 23.2 Å². The van der Waals surface area contributed by atoms with Gasteiger partial charge in [0.15, 0.2) is 0 Å². The molecule has 0 bridgehead atoms. The van der Waals surface area contributed by atoms with Crippen molar-refractivity contribution in [1.82, 2.24) is 5.32 Å². The van der Waals surface area contributed by atoms with E-state index >= 15 is 0 Å². The molecule has 0 fully saturated rings. The maximum absolute atomic E-state index is 12.9. The van der Waals surface area contributed by atoms with Gasteiger partial charge in [0.1, 0.15) is 18.2 Å². The molecule has 0 heterocycles. The van der Waals surface area contributed by atoms with E-state index in [4.69, 9.17) is 27.9 Å². The summed E-state index contributed by atoms with van der Waals surface area (Å²) < 4.78 is 18.3. The van der Waals surface area contributed by atoms with Crippen LogP contribution in [0.5, 0.6) is 5.75 Å². The Kier molecular flexibility index (Phi) is 6.07. The average molecular weight is 357 g/mol. The fourth-order valence-electron chi connectivity index (χ4n) is 1.85. The molecule has 4 nitrogen and oxygen atoms in total. The minimum absolute atomic E-state index is 0.186. The maximum Gasteiger partial charge on any atom is 0.319 e. The second-order valence-electron chi connectivity index (χ2n) is 4.76. The van der Waals surface area contributed by atoms with E-state index in [0.717, 1.165) is 5.56 Å². The first-order chi connectivity index (χ1) is 11.0. The van der Waals surface area contributed by atoms with Gasteiger partial charge in [-0.2, -0.15) is 0 Å². The lowest BCUT2D eigenvalue weighted by molar-refractivity contribution is 0.247. The molecule has 2 aromatic rings. The number of amides is 2. The van der Waals surface area contributed by atoms with Crippen molar-refractivity contribution < 1.29 is 13.9 Å². The summed E-state index contributed by atoms with van der Waals surface area (Å²) in [6.07, 6.45) is 0. The molecular weight excluding hydrogens is 342 g/mol. The van der Waals surface area contributed by atoms with Gasteiger partial charge in [0.2, 0.25) is 0 Å². The van der Waals surface area contributed by atoms with Gasteiger partial charge in [0.25, 0.3) is 0 Å². The van der Waals surface area contributed by atoms with Gasteiger partial charge >= 0.3 is 6.03 Å². The van der Waals surface area contributed by atoms with Gasteiger partial charge in [-0.3, -0.25) is 0 Å². The summed E-state index contributed by atoms with van der Waals surface area (Å²) in [7, 11) is 0. The highest BCUT2D eigenvalue weighted by Gasteiger charge is 2.06. The van der Waals surface area contributed by atoms with Crippen LogP contribution in [0.25, 0.3) is 0 Å². The standard InChI is InChI=1S/C16H15Cl2FN2O2/c1-10-8-11(17)2-4-14(10)21-16(22)20-6-7-23-15-5-3-12(19)9-13(15)18/h2-5,8-9H,6-7H2,1H3,(H2,20,21,22). The summed E-state index contributed by atoms with van der Waals surface area (Å²) in [6, 6.07) is 8.69. The van der Waals surface area contributed by atoms with E-state index in [0.29, 0.717) is 16.5 Å². The van der Waals surface area contributed by atoms with Crippen molar-refractivity contribution >= 4 is 34.9 Å². The number of anilines is 1. The average Bonchev–Trinajstić information content (AvgIpc) is 2.48. The predicted octanol–water partition coefficient (Wildman–Crippen LogP) is 4.64. The quantitative estimate of drug-likeness (QED) is 0.766. The number of rotatable bonds is 5. The van der Waals surface area contributed by atoms with Crippen LogP contribution in [-0.2, 0) is 0 Å². The van der Waals surface area contributed by atoms with Gasteiger partial charge in [-0.15, -0.1) is 0 Å². The molecule has 0 saturated carbocycles. The number of aryl methyl sites for hydroxylation is 1. The van der Waals surface area contributed by atoms with E-state index < -0.39 is 5.82 Å². The molecule has 2 amide bonds. The van der Waals surface area contributed by atoms with E-state index in [1.165, 1.54) is 18.2 Å². The Morgan fingerprint density at radius 3 is 2.70 bits per heavy atom. The van der Waals surface area contributed by atoms with Crippen molar-refractivity contribution in [3.05, 3.63) is 57.8 Å². The SMILES string of the molecule is Cc1cc(Cl)ccc1NC(=O)NCCOc1ccc(F)cc1Cl. The van der Waals surface area contributed by atoms with Gasteiger partial charge in [-0.25, -0.2) is 9.18 Å². The predicted molar refractivity (Wildman–Crippen MR) is 90.1 cm³/mol. The van der Waals surface area contributed by atoms with Crippen LogP contribution in [0.4, 0.5) is 14.9 Å². The van der Waals surface area contributed by atoms with E-state index in [9.17, 15) is 9.18 Å². The number of urea groups is 1. The lowest BCUT2D eigenvalue weighted by atomic mass is 10.2. The Balaban J connectivity index is 1.76. The molecule has 0 aliphatic rings. The smallest absolute Gasteiger partial charge is 0.319 e. The van der Waals surface area contributed by atoms with Crippen molar-refractivity contribution in [3.8, 4) is 5.75 Å². The van der Waals surface area contributed by atoms with Gasteiger partial charge in [0.05, 0.1) is 11.6 Å². The van der Waals surface area contributed by atoms with Gasteiger partial charge < -0.3 is 15.4 Å². The van der Waals surface area contributed by atoms with Crippen LogP contribution in [0.2, 0.25) is 10.0 Å². The molecule has 0 atom stereocenters. The Morgan fingerprint density at radius 1 is 1.22 bits per heavy atom. The highest BCUT2D eigenvalue weighted by molar-refractivity contribution is 6.32. The molecule has 0 aliphatic carbocycles. The molecule has 0 saturated heterocycles. The first-order valence-electron chi connectivity index (χ1n) is 6.84. The zero-order valence-electron chi connectivity index (χ0n) is 12.3. The molecule has 122 valence electrons. The molecule has 0 spiro atoms. The fourth-order valence-corrected chi connectivity index (χ4v) is 2.30. The molecule has 0 aromatic heterocycles. The molecule has 7 heteroatoms. The van der Waals surface area contributed by atoms with Crippen LogP contribution in [0, 0.1) is 12.7 Å². The first kappa shape index (κ1) is 17.4. The zero-order chi connectivity index (χ0) is 16.8. The number of hydrogen-bond donors (Lipinski definition) is 2. The Hall–Kier alpha value is -1.98. The third-order valence-corrected chi connectivity index (χ3v) is 3.51. The number of nitrogens with one attached hydrogen (secondary N) is 2. The minimum Gasteiger partial charge on any atom is -0.490 e. The lowest BCUT2D eigenvalue weighted by Crippen LogP contribution is -2.32. The molecule has 2 aromatic carbocycles. The highest BCUT2D eigenvalue weighted by atomic mass is 35.5. The second kappa shape index (κ2) is 8.04. The van der Waals surface area contributed by atoms with Crippen molar-refractivity contribution in [2.45, 2.75) is 6.92 Å². The second-order valence-corrected chi connectivity index (χ2v) is 5.61. The summed E-state index contributed by atoms with van der Waals surface area (Å²) in [5.74, 6) is -0.0676. The summed E-state index contributed by atoms with van der Waals surface area (Å²) in [4.78, 5) is 11.8.